The van der Waals surface area contributed by atoms with E-state index in [-0.39, 0.29) is 18.3 Å². The first-order valence-corrected chi connectivity index (χ1v) is 7.76. The smallest absolute Gasteiger partial charge is 0.238 e. The van der Waals surface area contributed by atoms with Gasteiger partial charge in [0.1, 0.15) is 0 Å². The summed E-state index contributed by atoms with van der Waals surface area (Å²) in [6.45, 7) is 7.12. The number of nitrogens with zero attached hydrogens (tertiary/aromatic N) is 1. The average molecular weight is 348 g/mol. The lowest BCUT2D eigenvalue weighted by molar-refractivity contribution is -0.117. The summed E-state index contributed by atoms with van der Waals surface area (Å²) in [5, 5.41) is 3.03. The van der Waals surface area contributed by atoms with Gasteiger partial charge in [0.2, 0.25) is 5.91 Å². The van der Waals surface area contributed by atoms with Crippen molar-refractivity contribution in [3.8, 4) is 0 Å². The fourth-order valence-corrected chi connectivity index (χ4v) is 2.86. The van der Waals surface area contributed by atoms with Gasteiger partial charge in [-0.1, -0.05) is 29.8 Å². The van der Waals surface area contributed by atoms with Gasteiger partial charge in [-0.15, -0.1) is 12.4 Å². The quantitative estimate of drug-likeness (QED) is 0.811. The molecule has 0 atom stereocenters. The Labute approximate surface area is 150 Å². The first-order chi connectivity index (χ1) is 10.8. The van der Waals surface area contributed by atoms with Gasteiger partial charge in [0.25, 0.3) is 0 Å². The minimum atomic E-state index is -0.00791. The summed E-state index contributed by atoms with van der Waals surface area (Å²) in [5.74, 6) is -0.00791. The number of benzene rings is 2. The average Bonchev–Trinajstić information content (AvgIpc) is 2.42. The highest BCUT2D eigenvalue weighted by molar-refractivity contribution is 5.93. The number of hydrogen-bond acceptors (Lipinski definition) is 3. The summed E-state index contributed by atoms with van der Waals surface area (Å²) in [5.41, 5.74) is 11.9. The van der Waals surface area contributed by atoms with Gasteiger partial charge < -0.3 is 11.1 Å². The molecule has 2 aromatic rings. The number of likely N-dealkylation sites (N-methyl/N-ethyl adjacent to an activating group) is 1. The first-order valence-electron chi connectivity index (χ1n) is 7.76. The molecule has 0 aliphatic carbocycles. The molecular weight excluding hydrogens is 322 g/mol. The van der Waals surface area contributed by atoms with Crippen LogP contribution in [0.1, 0.15) is 22.3 Å². The Morgan fingerprint density at radius 2 is 1.75 bits per heavy atom. The van der Waals surface area contributed by atoms with E-state index in [1.165, 1.54) is 5.56 Å². The number of carbonyl (C=O) groups is 1. The van der Waals surface area contributed by atoms with Crippen molar-refractivity contribution in [1.29, 1.82) is 0 Å². The standard InChI is InChI=1S/C19H25N3O.ClH/c1-13-8-14(2)19(15(3)9-13)21-18(23)12-22(4)11-16-6-5-7-17(20)10-16;/h5-10H,11-12,20H2,1-4H3,(H,21,23);1H. The third kappa shape index (κ3) is 5.55. The van der Waals surface area contributed by atoms with Crippen LogP contribution in [0.3, 0.4) is 0 Å². The van der Waals surface area contributed by atoms with Crippen molar-refractivity contribution >= 4 is 29.7 Å². The molecule has 0 saturated heterocycles. The van der Waals surface area contributed by atoms with Crippen molar-refractivity contribution in [3.05, 3.63) is 58.7 Å². The molecule has 1 amide bonds. The van der Waals surface area contributed by atoms with Crippen LogP contribution in [0.4, 0.5) is 11.4 Å². The Morgan fingerprint density at radius 3 is 2.33 bits per heavy atom. The maximum absolute atomic E-state index is 12.3. The molecule has 0 aromatic heterocycles. The molecule has 0 unspecified atom stereocenters. The summed E-state index contributed by atoms with van der Waals surface area (Å²) in [6, 6.07) is 11.9. The Hall–Kier alpha value is -2.04. The summed E-state index contributed by atoms with van der Waals surface area (Å²) in [6.07, 6.45) is 0. The van der Waals surface area contributed by atoms with E-state index < -0.39 is 0 Å². The molecule has 0 saturated carbocycles. The lowest BCUT2D eigenvalue weighted by Crippen LogP contribution is -2.30. The number of nitrogen functional groups attached to an aromatic ring is 1. The third-order valence-corrected chi connectivity index (χ3v) is 3.76. The zero-order valence-electron chi connectivity index (χ0n) is 14.7. The Morgan fingerprint density at radius 1 is 1.12 bits per heavy atom. The number of anilines is 2. The Balaban J connectivity index is 0.00000288. The van der Waals surface area contributed by atoms with Gasteiger partial charge in [-0.05, 0) is 56.6 Å². The fourth-order valence-electron chi connectivity index (χ4n) is 2.86. The van der Waals surface area contributed by atoms with Crippen molar-refractivity contribution in [3.63, 3.8) is 0 Å². The summed E-state index contributed by atoms with van der Waals surface area (Å²) >= 11 is 0. The number of nitrogens with one attached hydrogen (secondary N) is 1. The van der Waals surface area contributed by atoms with Gasteiger partial charge in [0, 0.05) is 17.9 Å². The zero-order valence-corrected chi connectivity index (χ0v) is 15.5. The van der Waals surface area contributed by atoms with E-state index in [4.69, 9.17) is 5.73 Å². The van der Waals surface area contributed by atoms with Gasteiger partial charge in [-0.3, -0.25) is 9.69 Å². The molecular formula is C19H26ClN3O. The molecule has 0 heterocycles. The maximum atomic E-state index is 12.3. The molecule has 5 heteroatoms. The van der Waals surface area contributed by atoms with Crippen molar-refractivity contribution in [2.45, 2.75) is 27.3 Å². The molecule has 0 bridgehead atoms. The molecule has 2 aromatic carbocycles. The number of hydrogen-bond donors (Lipinski definition) is 2. The van der Waals surface area contributed by atoms with E-state index in [2.05, 4.69) is 24.4 Å². The lowest BCUT2D eigenvalue weighted by Gasteiger charge is -2.18. The molecule has 2 rings (SSSR count). The number of halogens is 1. The second-order valence-corrected chi connectivity index (χ2v) is 6.24. The summed E-state index contributed by atoms with van der Waals surface area (Å²) in [4.78, 5) is 14.3. The van der Waals surface area contributed by atoms with Crippen LogP contribution in [-0.4, -0.2) is 24.4 Å². The maximum Gasteiger partial charge on any atom is 0.238 e. The van der Waals surface area contributed by atoms with Crippen molar-refractivity contribution in [1.82, 2.24) is 4.90 Å². The monoisotopic (exact) mass is 347 g/mol. The van der Waals surface area contributed by atoms with Crippen LogP contribution in [0.2, 0.25) is 0 Å². The highest BCUT2D eigenvalue weighted by atomic mass is 35.5. The number of carbonyl (C=O) groups excluding carboxylic acids is 1. The molecule has 0 fully saturated rings. The largest absolute Gasteiger partial charge is 0.399 e. The normalized spacial score (nSPS) is 10.4. The van der Waals surface area contributed by atoms with Crippen LogP contribution in [0.25, 0.3) is 0 Å². The van der Waals surface area contributed by atoms with Gasteiger partial charge >= 0.3 is 0 Å². The Bertz CT molecular complexity index is 693. The number of rotatable bonds is 5. The molecule has 0 radical (unpaired) electrons. The topological polar surface area (TPSA) is 58.4 Å². The SMILES string of the molecule is Cc1cc(C)c(NC(=O)CN(C)Cc2cccc(N)c2)c(C)c1.Cl. The van der Waals surface area contributed by atoms with E-state index >= 15 is 0 Å². The second-order valence-electron chi connectivity index (χ2n) is 6.24. The number of nitrogens with two attached hydrogens (primary N) is 1. The van der Waals surface area contributed by atoms with Crippen LogP contribution in [0.5, 0.6) is 0 Å². The molecule has 4 nitrogen and oxygen atoms in total. The van der Waals surface area contributed by atoms with E-state index in [9.17, 15) is 4.79 Å². The van der Waals surface area contributed by atoms with E-state index in [1.54, 1.807) is 0 Å². The van der Waals surface area contributed by atoms with Crippen LogP contribution in [-0.2, 0) is 11.3 Å². The van der Waals surface area contributed by atoms with E-state index in [0.29, 0.717) is 13.1 Å². The Kier molecular flexibility index (Phi) is 7.26. The van der Waals surface area contributed by atoms with Crippen LogP contribution < -0.4 is 11.1 Å². The van der Waals surface area contributed by atoms with Crippen LogP contribution in [0.15, 0.2) is 36.4 Å². The molecule has 24 heavy (non-hydrogen) atoms. The van der Waals surface area contributed by atoms with Crippen molar-refractivity contribution in [2.24, 2.45) is 0 Å². The zero-order chi connectivity index (χ0) is 17.0. The highest BCUT2D eigenvalue weighted by Crippen LogP contribution is 2.21. The minimum Gasteiger partial charge on any atom is -0.399 e. The first kappa shape index (κ1) is 20.0. The van der Waals surface area contributed by atoms with Crippen molar-refractivity contribution < 1.29 is 4.79 Å². The van der Waals surface area contributed by atoms with E-state index in [0.717, 1.165) is 28.1 Å². The summed E-state index contributed by atoms with van der Waals surface area (Å²) in [7, 11) is 1.93. The molecule has 0 aliphatic rings. The van der Waals surface area contributed by atoms with Crippen LogP contribution >= 0.6 is 12.4 Å². The van der Waals surface area contributed by atoms with Gasteiger partial charge in [-0.25, -0.2) is 0 Å². The third-order valence-electron chi connectivity index (χ3n) is 3.76. The lowest BCUT2D eigenvalue weighted by atomic mass is 10.1. The minimum absolute atomic E-state index is 0. The van der Waals surface area contributed by atoms with Gasteiger partial charge in [0.15, 0.2) is 0 Å². The predicted octanol–water partition coefficient (Wildman–Crippen LogP) is 3.69. The predicted molar refractivity (Wildman–Crippen MR) is 104 cm³/mol. The molecule has 130 valence electrons. The van der Waals surface area contributed by atoms with Gasteiger partial charge in [0.05, 0.1) is 6.54 Å². The molecule has 0 spiro atoms. The van der Waals surface area contributed by atoms with E-state index in [1.807, 2.05) is 50.1 Å². The molecule has 3 N–H and O–H groups in total. The van der Waals surface area contributed by atoms with Gasteiger partial charge in [-0.2, -0.15) is 0 Å². The van der Waals surface area contributed by atoms with Crippen molar-refractivity contribution in [2.75, 3.05) is 24.6 Å². The second kappa shape index (κ2) is 8.71. The summed E-state index contributed by atoms with van der Waals surface area (Å²) < 4.78 is 0. The molecule has 0 aliphatic heterocycles. The highest BCUT2D eigenvalue weighted by Gasteiger charge is 2.11. The number of aryl methyl sites for hydroxylation is 3. The van der Waals surface area contributed by atoms with Crippen LogP contribution in [0, 0.1) is 20.8 Å². The number of amides is 1. The fraction of sp³-hybridized carbons (Fsp3) is 0.316.